The third-order valence-corrected chi connectivity index (χ3v) is 2.17. The third kappa shape index (κ3) is 15.2. The monoisotopic (exact) mass is 333 g/mol. The van der Waals surface area contributed by atoms with Crippen molar-refractivity contribution in [3.05, 3.63) is 0 Å². The molecule has 0 aromatic heterocycles. The van der Waals surface area contributed by atoms with Crippen molar-refractivity contribution in [3.8, 4) is 0 Å². The van der Waals surface area contributed by atoms with Crippen LogP contribution in [0.25, 0.3) is 0 Å². The van der Waals surface area contributed by atoms with Crippen molar-refractivity contribution in [2.45, 2.75) is 0 Å². The van der Waals surface area contributed by atoms with Gasteiger partial charge in [0.1, 0.15) is 0 Å². The molecule has 0 spiro atoms. The normalized spacial score (nSPS) is 9.73. The molecule has 0 heterocycles. The smallest absolute Gasteiger partial charge is 0.480 e. The zero-order valence-electron chi connectivity index (χ0n) is 12.1. The number of carboxylic acid groups (broad SMARTS) is 4. The number of carboxylic acids is 4. The van der Waals surface area contributed by atoms with Gasteiger partial charge in [0.25, 0.3) is 0 Å². The predicted octanol–water partition coefficient (Wildman–Crippen LogP) is -5.89. The molecule has 0 aliphatic carbocycles. The summed E-state index contributed by atoms with van der Waals surface area (Å²) < 4.78 is 0. The predicted molar refractivity (Wildman–Crippen MR) is 67.0 cm³/mol. The summed E-state index contributed by atoms with van der Waals surface area (Å²) in [6, 6.07) is 0. The number of rotatable bonds is 11. The first kappa shape index (κ1) is 25.7. The largest absolute Gasteiger partial charge is 1.00 e. The van der Waals surface area contributed by atoms with Gasteiger partial charge in [0.05, 0.1) is 26.2 Å². The van der Waals surface area contributed by atoms with Crippen molar-refractivity contribution in [1.29, 1.82) is 0 Å². The van der Waals surface area contributed by atoms with Gasteiger partial charge in [-0.15, -0.1) is 0 Å². The molecule has 0 radical (unpaired) electrons. The Balaban J connectivity index is -0.00000180. The molecule has 0 aromatic carbocycles. The standard InChI is InChI=1S/C10H16N2O8.Na.H2O/c13-7(14)3-11(4-8(15)16)1-2-12(5-9(17)18)6-10(19)20;;/h1-6H2,(H,13,14)(H,15,16)(H,17,18)(H,19,20);;1H2/q;+1;. The first-order chi connectivity index (χ1) is 9.20. The summed E-state index contributed by atoms with van der Waals surface area (Å²) in [7, 11) is 0. The van der Waals surface area contributed by atoms with E-state index in [-0.39, 0.29) is 48.1 Å². The van der Waals surface area contributed by atoms with E-state index in [0.717, 1.165) is 9.80 Å². The zero-order chi connectivity index (χ0) is 15.7. The topological polar surface area (TPSA) is 187 Å². The number of nitrogens with zero attached hydrogens (tertiary/aromatic N) is 2. The van der Waals surface area contributed by atoms with Gasteiger partial charge in [-0.2, -0.15) is 0 Å². The van der Waals surface area contributed by atoms with Gasteiger partial charge in [-0.3, -0.25) is 29.0 Å². The molecule has 0 fully saturated rings. The number of aliphatic carboxylic acids is 4. The van der Waals surface area contributed by atoms with Crippen LogP contribution in [-0.4, -0.2) is 98.8 Å². The Hall–Kier alpha value is -1.24. The minimum atomic E-state index is -1.23. The van der Waals surface area contributed by atoms with Crippen LogP contribution in [0.3, 0.4) is 0 Å². The first-order valence-electron chi connectivity index (χ1n) is 5.52. The van der Waals surface area contributed by atoms with Gasteiger partial charge in [0.15, 0.2) is 0 Å². The fraction of sp³-hybridized carbons (Fsp3) is 0.600. The quantitative estimate of drug-likeness (QED) is 0.265. The summed E-state index contributed by atoms with van der Waals surface area (Å²) >= 11 is 0. The summed E-state index contributed by atoms with van der Waals surface area (Å²) in [5.74, 6) is -4.91. The van der Waals surface area contributed by atoms with Crippen LogP contribution in [0, 0.1) is 0 Å². The zero-order valence-corrected chi connectivity index (χ0v) is 14.1. The van der Waals surface area contributed by atoms with Crippen molar-refractivity contribution in [1.82, 2.24) is 9.80 Å². The maximum atomic E-state index is 10.6. The summed E-state index contributed by atoms with van der Waals surface area (Å²) in [5, 5.41) is 34.5. The van der Waals surface area contributed by atoms with Gasteiger partial charge in [-0.25, -0.2) is 0 Å². The van der Waals surface area contributed by atoms with Crippen molar-refractivity contribution in [3.63, 3.8) is 0 Å². The molecular formula is C10H18N2NaO9+. The molecule has 0 saturated carbocycles. The Kier molecular flexibility index (Phi) is 15.7. The van der Waals surface area contributed by atoms with Crippen LogP contribution in [0.5, 0.6) is 0 Å². The Morgan fingerprint density at radius 1 is 0.591 bits per heavy atom. The molecule has 0 unspecified atom stereocenters. The summed E-state index contributed by atoms with van der Waals surface area (Å²) in [6.45, 7) is -2.25. The molecule has 22 heavy (non-hydrogen) atoms. The van der Waals surface area contributed by atoms with Crippen LogP contribution in [-0.2, 0) is 19.2 Å². The second kappa shape index (κ2) is 13.4. The van der Waals surface area contributed by atoms with E-state index in [2.05, 4.69) is 0 Å². The van der Waals surface area contributed by atoms with Crippen LogP contribution < -0.4 is 29.6 Å². The second-order valence-electron chi connectivity index (χ2n) is 4.00. The van der Waals surface area contributed by atoms with Gasteiger partial charge < -0.3 is 25.9 Å². The third-order valence-electron chi connectivity index (χ3n) is 2.17. The molecule has 0 bridgehead atoms. The number of carbonyl (C=O) groups is 4. The van der Waals surface area contributed by atoms with E-state index in [1.807, 2.05) is 0 Å². The summed E-state index contributed by atoms with van der Waals surface area (Å²) in [6.07, 6.45) is 0. The van der Waals surface area contributed by atoms with Crippen LogP contribution in [0.15, 0.2) is 0 Å². The molecule has 0 saturated heterocycles. The Labute approximate surface area is 147 Å². The minimum Gasteiger partial charge on any atom is -0.480 e. The molecule has 0 aliphatic rings. The van der Waals surface area contributed by atoms with Crippen LogP contribution >= 0.6 is 0 Å². The van der Waals surface area contributed by atoms with Gasteiger partial charge in [-0.05, 0) is 0 Å². The van der Waals surface area contributed by atoms with Gasteiger partial charge in [-0.1, -0.05) is 0 Å². The average molecular weight is 333 g/mol. The van der Waals surface area contributed by atoms with Crippen LogP contribution in [0.2, 0.25) is 0 Å². The van der Waals surface area contributed by atoms with E-state index in [9.17, 15) is 19.2 Å². The molecule has 12 heteroatoms. The van der Waals surface area contributed by atoms with Gasteiger partial charge in [0.2, 0.25) is 0 Å². The first-order valence-corrected chi connectivity index (χ1v) is 5.52. The van der Waals surface area contributed by atoms with Gasteiger partial charge in [0, 0.05) is 13.1 Å². The van der Waals surface area contributed by atoms with E-state index in [1.165, 1.54) is 0 Å². The van der Waals surface area contributed by atoms with Crippen molar-refractivity contribution in [2.24, 2.45) is 0 Å². The van der Waals surface area contributed by atoms with Crippen molar-refractivity contribution < 1.29 is 74.6 Å². The molecule has 0 amide bonds. The minimum absolute atomic E-state index is 0. The molecular weight excluding hydrogens is 315 g/mol. The molecule has 0 rings (SSSR count). The molecule has 0 aliphatic heterocycles. The molecule has 6 N–H and O–H groups in total. The second-order valence-corrected chi connectivity index (χ2v) is 4.00. The molecule has 0 atom stereocenters. The fourth-order valence-corrected chi connectivity index (χ4v) is 1.48. The summed E-state index contributed by atoms with van der Waals surface area (Å²) in [5.41, 5.74) is 0. The van der Waals surface area contributed by atoms with E-state index in [0.29, 0.717) is 0 Å². The van der Waals surface area contributed by atoms with E-state index < -0.39 is 50.1 Å². The van der Waals surface area contributed by atoms with E-state index in [4.69, 9.17) is 20.4 Å². The van der Waals surface area contributed by atoms with Crippen LogP contribution in [0.4, 0.5) is 0 Å². The van der Waals surface area contributed by atoms with Crippen LogP contribution in [0.1, 0.15) is 0 Å². The van der Waals surface area contributed by atoms with E-state index >= 15 is 0 Å². The summed E-state index contributed by atoms with van der Waals surface area (Å²) in [4.78, 5) is 44.4. The maximum absolute atomic E-state index is 10.6. The number of hydrogen-bond acceptors (Lipinski definition) is 6. The molecule has 11 nitrogen and oxygen atoms in total. The van der Waals surface area contributed by atoms with Gasteiger partial charge >= 0.3 is 53.4 Å². The Morgan fingerprint density at radius 3 is 0.909 bits per heavy atom. The van der Waals surface area contributed by atoms with Crippen molar-refractivity contribution in [2.75, 3.05) is 39.3 Å². The Bertz CT molecular complexity index is 323. The average Bonchev–Trinajstić information content (AvgIpc) is 2.22. The fourth-order valence-electron chi connectivity index (χ4n) is 1.48. The molecule has 122 valence electrons. The Morgan fingerprint density at radius 2 is 0.773 bits per heavy atom. The number of hydrogen-bond donors (Lipinski definition) is 4. The SMILES string of the molecule is O.O=C(O)CN(CCN(CC(=O)O)CC(=O)O)CC(=O)O.[Na+]. The molecule has 0 aromatic rings. The maximum Gasteiger partial charge on any atom is 1.00 e. The van der Waals surface area contributed by atoms with Crippen molar-refractivity contribution >= 4 is 23.9 Å². The van der Waals surface area contributed by atoms with E-state index in [1.54, 1.807) is 0 Å².